The van der Waals surface area contributed by atoms with Gasteiger partial charge in [-0.15, -0.1) is 0 Å². The van der Waals surface area contributed by atoms with Crippen LogP contribution in [0.3, 0.4) is 0 Å². The average molecular weight is 422 g/mol. The second-order valence-corrected chi connectivity index (χ2v) is 8.89. The molecule has 0 aliphatic heterocycles. The van der Waals surface area contributed by atoms with Crippen LogP contribution in [0, 0.1) is 0 Å². The molecule has 3 rings (SSSR count). The molecule has 3 aromatic rings. The van der Waals surface area contributed by atoms with Crippen LogP contribution in [0.15, 0.2) is 36.4 Å². The smallest absolute Gasteiger partial charge is 0.0969 e. The zero-order valence-electron chi connectivity index (χ0n) is 19.4. The summed E-state index contributed by atoms with van der Waals surface area (Å²) >= 11 is 0. The van der Waals surface area contributed by atoms with Gasteiger partial charge in [0.25, 0.3) is 0 Å². The molecule has 0 fully saturated rings. The highest BCUT2D eigenvalue weighted by atomic mass is 16.3. The van der Waals surface area contributed by atoms with Crippen molar-refractivity contribution < 1.29 is 5.11 Å². The van der Waals surface area contributed by atoms with E-state index in [9.17, 15) is 5.11 Å². The zero-order chi connectivity index (χ0) is 21.9. The van der Waals surface area contributed by atoms with E-state index in [2.05, 4.69) is 48.1 Å². The number of unbranched alkanes of at least 4 members (excludes halogenated alkanes) is 9. The Kier molecular flexibility index (Phi) is 9.70. The molecule has 0 atom stereocenters. The molecule has 0 unspecified atom stereocenters. The monoisotopic (exact) mass is 421 g/mol. The number of hydrogen-bond acceptors (Lipinski definition) is 4. The fourth-order valence-electron chi connectivity index (χ4n) is 4.25. The highest BCUT2D eigenvalue weighted by Gasteiger charge is 2.08. The molecule has 0 aliphatic rings. The van der Waals surface area contributed by atoms with Gasteiger partial charge in [0.2, 0.25) is 0 Å². The fourth-order valence-corrected chi connectivity index (χ4v) is 4.25. The number of benzene rings is 1. The van der Waals surface area contributed by atoms with Crippen molar-refractivity contribution in [3.05, 3.63) is 47.8 Å². The van der Waals surface area contributed by atoms with Crippen molar-refractivity contribution in [1.82, 2.24) is 14.9 Å². The first-order valence-electron chi connectivity index (χ1n) is 12.2. The molecule has 0 bridgehead atoms. The lowest BCUT2D eigenvalue weighted by Crippen LogP contribution is -2.19. The first kappa shape index (κ1) is 23.6. The number of nitrogens with zero attached hydrogens (tertiary/aromatic N) is 3. The van der Waals surface area contributed by atoms with Gasteiger partial charge in [-0.3, -0.25) is 0 Å². The molecule has 0 saturated heterocycles. The van der Waals surface area contributed by atoms with E-state index in [0.29, 0.717) is 5.69 Å². The normalized spacial score (nSPS) is 11.7. The van der Waals surface area contributed by atoms with Crippen LogP contribution in [-0.2, 0) is 13.2 Å². The van der Waals surface area contributed by atoms with Crippen LogP contribution >= 0.6 is 0 Å². The van der Waals surface area contributed by atoms with Crippen molar-refractivity contribution in [1.29, 1.82) is 0 Å². The summed E-state index contributed by atoms with van der Waals surface area (Å²) in [6.07, 6.45) is 13.7. The summed E-state index contributed by atoms with van der Waals surface area (Å²) in [5, 5.41) is 11.6. The van der Waals surface area contributed by atoms with Crippen molar-refractivity contribution in [2.45, 2.75) is 84.3 Å². The number of hydrogen-bond donors (Lipinski definition) is 1. The van der Waals surface area contributed by atoms with E-state index in [1.807, 2.05) is 12.1 Å². The van der Waals surface area contributed by atoms with E-state index in [0.717, 1.165) is 40.6 Å². The molecule has 2 heterocycles. The lowest BCUT2D eigenvalue weighted by atomic mass is 10.1. The number of pyridine rings is 2. The van der Waals surface area contributed by atoms with Gasteiger partial charge in [-0.05, 0) is 32.1 Å². The molecule has 1 N–H and O–H groups in total. The molecule has 1 aromatic carbocycles. The SMILES string of the molecule is CCCCCCCCCCCCN(C)Cc1ccc2ccc3ccc(CO)nc3c2n1. The molecular weight excluding hydrogens is 382 g/mol. The topological polar surface area (TPSA) is 49.2 Å². The van der Waals surface area contributed by atoms with E-state index in [-0.39, 0.29) is 6.61 Å². The molecule has 0 radical (unpaired) electrons. The van der Waals surface area contributed by atoms with Gasteiger partial charge in [0.15, 0.2) is 0 Å². The Morgan fingerprint density at radius 3 is 1.74 bits per heavy atom. The Hall–Kier alpha value is -2.04. The van der Waals surface area contributed by atoms with Crippen molar-refractivity contribution in [2.75, 3.05) is 13.6 Å². The number of fused-ring (bicyclic) bond motifs is 3. The molecule has 4 nitrogen and oxygen atoms in total. The second-order valence-electron chi connectivity index (χ2n) is 8.89. The maximum Gasteiger partial charge on any atom is 0.0969 e. The summed E-state index contributed by atoms with van der Waals surface area (Å²) in [7, 11) is 2.19. The summed E-state index contributed by atoms with van der Waals surface area (Å²) in [5.74, 6) is 0. The van der Waals surface area contributed by atoms with E-state index in [1.165, 1.54) is 64.2 Å². The van der Waals surface area contributed by atoms with Gasteiger partial charge >= 0.3 is 0 Å². The van der Waals surface area contributed by atoms with Gasteiger partial charge in [-0.1, -0.05) is 89.0 Å². The number of aromatic nitrogens is 2. The maximum atomic E-state index is 9.45. The van der Waals surface area contributed by atoms with Crippen molar-refractivity contribution in [3.63, 3.8) is 0 Å². The summed E-state index contributed by atoms with van der Waals surface area (Å²) in [6.45, 7) is 4.19. The Labute approximate surface area is 187 Å². The number of aliphatic hydroxyl groups excluding tert-OH is 1. The second kappa shape index (κ2) is 12.7. The van der Waals surface area contributed by atoms with Crippen LogP contribution in [0.5, 0.6) is 0 Å². The van der Waals surface area contributed by atoms with Gasteiger partial charge in [-0.2, -0.15) is 0 Å². The highest BCUT2D eigenvalue weighted by molar-refractivity contribution is 6.02. The number of rotatable bonds is 14. The van der Waals surface area contributed by atoms with Crippen molar-refractivity contribution >= 4 is 21.8 Å². The van der Waals surface area contributed by atoms with Crippen LogP contribution in [0.4, 0.5) is 0 Å². The van der Waals surface area contributed by atoms with Gasteiger partial charge < -0.3 is 10.0 Å². The van der Waals surface area contributed by atoms with Crippen LogP contribution in [0.2, 0.25) is 0 Å². The summed E-state index contributed by atoms with van der Waals surface area (Å²) in [4.78, 5) is 11.9. The summed E-state index contributed by atoms with van der Waals surface area (Å²) in [5.41, 5.74) is 3.57. The minimum absolute atomic E-state index is 0.0480. The lowest BCUT2D eigenvalue weighted by molar-refractivity contribution is 0.277. The van der Waals surface area contributed by atoms with Crippen LogP contribution in [-0.4, -0.2) is 33.6 Å². The van der Waals surface area contributed by atoms with Gasteiger partial charge in [0.1, 0.15) is 0 Å². The molecule has 2 aromatic heterocycles. The number of aliphatic hydroxyl groups is 1. The molecule has 0 aliphatic carbocycles. The third-order valence-corrected chi connectivity index (χ3v) is 6.12. The van der Waals surface area contributed by atoms with E-state index in [1.54, 1.807) is 0 Å². The molecule has 31 heavy (non-hydrogen) atoms. The Morgan fingerprint density at radius 1 is 0.677 bits per heavy atom. The first-order chi connectivity index (χ1) is 15.2. The Balaban J connectivity index is 1.46. The van der Waals surface area contributed by atoms with E-state index in [4.69, 9.17) is 4.98 Å². The molecule has 4 heteroatoms. The Morgan fingerprint density at radius 2 is 1.16 bits per heavy atom. The van der Waals surface area contributed by atoms with Crippen LogP contribution < -0.4 is 0 Å². The zero-order valence-corrected chi connectivity index (χ0v) is 19.4. The van der Waals surface area contributed by atoms with Crippen molar-refractivity contribution in [2.24, 2.45) is 0 Å². The maximum absolute atomic E-state index is 9.45. The lowest BCUT2D eigenvalue weighted by Gasteiger charge is -2.16. The van der Waals surface area contributed by atoms with E-state index >= 15 is 0 Å². The highest BCUT2D eigenvalue weighted by Crippen LogP contribution is 2.23. The van der Waals surface area contributed by atoms with Crippen LogP contribution in [0.1, 0.15) is 82.5 Å². The molecule has 168 valence electrons. The van der Waals surface area contributed by atoms with Gasteiger partial charge in [-0.25, -0.2) is 9.97 Å². The predicted octanol–water partition coefficient (Wildman–Crippen LogP) is 6.63. The largest absolute Gasteiger partial charge is 0.390 e. The standard InChI is InChI=1S/C27H39N3O/c1-3-4-5-6-7-8-9-10-11-12-19-30(2)20-24-17-15-22-13-14-23-16-18-25(21-31)29-27(23)26(22)28-24/h13-18,31H,3-12,19-21H2,1-2H3. The third kappa shape index (κ3) is 7.26. The van der Waals surface area contributed by atoms with Crippen LogP contribution in [0.25, 0.3) is 21.8 Å². The Bertz CT molecular complexity index is 940. The summed E-state index contributed by atoms with van der Waals surface area (Å²) in [6, 6.07) is 12.3. The van der Waals surface area contributed by atoms with Gasteiger partial charge in [0.05, 0.1) is 29.0 Å². The molecular formula is C27H39N3O. The third-order valence-electron chi connectivity index (χ3n) is 6.12. The fraction of sp³-hybridized carbons (Fsp3) is 0.556. The summed E-state index contributed by atoms with van der Waals surface area (Å²) < 4.78 is 0. The molecule has 0 amide bonds. The van der Waals surface area contributed by atoms with Gasteiger partial charge in [0, 0.05) is 17.3 Å². The quantitative estimate of drug-likeness (QED) is 0.234. The molecule has 0 spiro atoms. The average Bonchev–Trinajstić information content (AvgIpc) is 2.79. The minimum Gasteiger partial charge on any atom is -0.390 e. The minimum atomic E-state index is -0.0480. The van der Waals surface area contributed by atoms with E-state index < -0.39 is 0 Å². The predicted molar refractivity (Wildman–Crippen MR) is 131 cm³/mol. The first-order valence-corrected chi connectivity index (χ1v) is 12.2. The van der Waals surface area contributed by atoms with Crippen molar-refractivity contribution in [3.8, 4) is 0 Å². The molecule has 0 saturated carbocycles.